The first kappa shape index (κ1) is 22.3. The normalized spacial score (nSPS) is 14.4. The molecule has 6 heteroatoms. The summed E-state index contributed by atoms with van der Waals surface area (Å²) in [5, 5.41) is 2.91. The van der Waals surface area contributed by atoms with Gasteiger partial charge in [-0.25, -0.2) is 0 Å². The molecule has 1 fully saturated rings. The lowest BCUT2D eigenvalue weighted by Gasteiger charge is -2.30. The van der Waals surface area contributed by atoms with Crippen LogP contribution in [0.25, 0.3) is 0 Å². The van der Waals surface area contributed by atoms with Crippen molar-refractivity contribution < 1.29 is 14.3 Å². The van der Waals surface area contributed by atoms with Gasteiger partial charge in [-0.15, -0.1) is 0 Å². The predicted octanol–water partition coefficient (Wildman–Crippen LogP) is 5.75. The molecule has 1 N–H and O–H groups in total. The Kier molecular flexibility index (Phi) is 7.91. The molecule has 2 aromatic rings. The van der Waals surface area contributed by atoms with Crippen LogP contribution in [-0.4, -0.2) is 36.4 Å². The molecule has 1 saturated heterocycles. The lowest BCUT2D eigenvalue weighted by molar-refractivity contribution is 0.0698. The molecule has 0 aliphatic carbocycles. The maximum Gasteiger partial charge on any atom is 0.255 e. The van der Waals surface area contributed by atoms with Crippen LogP contribution in [0, 0.1) is 5.92 Å². The molecule has 5 nitrogen and oxygen atoms in total. The molecular formula is C24H29BrN2O3. The fraction of sp³-hybridized carbons (Fsp3) is 0.417. The minimum atomic E-state index is -0.261. The van der Waals surface area contributed by atoms with E-state index in [2.05, 4.69) is 35.1 Å². The third kappa shape index (κ3) is 5.63. The summed E-state index contributed by atoms with van der Waals surface area (Å²) in [6.07, 6.45) is 4.07. The number of carbonyl (C=O) groups excluding carboxylic acids is 2. The van der Waals surface area contributed by atoms with Crippen LogP contribution in [0.4, 0.5) is 5.69 Å². The Morgan fingerprint density at radius 2 is 1.90 bits per heavy atom. The Balaban J connectivity index is 1.71. The van der Waals surface area contributed by atoms with Crippen molar-refractivity contribution in [3.63, 3.8) is 0 Å². The zero-order chi connectivity index (χ0) is 21.5. The second kappa shape index (κ2) is 10.6. The summed E-state index contributed by atoms with van der Waals surface area (Å²) in [4.78, 5) is 27.7. The number of nitrogens with zero attached hydrogens (tertiary/aromatic N) is 1. The minimum Gasteiger partial charge on any atom is -0.492 e. The number of unbranched alkanes of at least 4 members (excludes halogenated alkanes) is 1. The van der Waals surface area contributed by atoms with Gasteiger partial charge in [0.1, 0.15) is 5.75 Å². The Morgan fingerprint density at radius 1 is 1.17 bits per heavy atom. The standard InChI is InChI=1S/C24H29BrN2O3/c1-3-4-15-30-22-10-9-18(16-20(22)25)23(28)26-21-8-6-5-7-19(21)24(29)27-13-11-17(2)12-14-27/h5-10,16-17H,3-4,11-15H2,1-2H3,(H,26,28). The number of carbonyl (C=O) groups is 2. The number of piperidine rings is 1. The van der Waals surface area contributed by atoms with E-state index in [1.54, 1.807) is 30.3 Å². The summed E-state index contributed by atoms with van der Waals surface area (Å²) in [5.74, 6) is 1.08. The largest absolute Gasteiger partial charge is 0.492 e. The van der Waals surface area contributed by atoms with Gasteiger partial charge in [-0.1, -0.05) is 32.4 Å². The monoisotopic (exact) mass is 472 g/mol. The van der Waals surface area contributed by atoms with Crippen molar-refractivity contribution in [3.05, 3.63) is 58.1 Å². The molecule has 0 bridgehead atoms. The Morgan fingerprint density at radius 3 is 2.60 bits per heavy atom. The zero-order valence-corrected chi connectivity index (χ0v) is 19.2. The molecule has 160 valence electrons. The number of likely N-dealkylation sites (tertiary alicyclic amines) is 1. The van der Waals surface area contributed by atoms with Crippen molar-refractivity contribution in [2.75, 3.05) is 25.0 Å². The number of hydrogen-bond donors (Lipinski definition) is 1. The number of rotatable bonds is 7. The lowest BCUT2D eigenvalue weighted by Crippen LogP contribution is -2.38. The predicted molar refractivity (Wildman–Crippen MR) is 123 cm³/mol. The van der Waals surface area contributed by atoms with Crippen LogP contribution in [0.15, 0.2) is 46.9 Å². The molecule has 2 amide bonds. The van der Waals surface area contributed by atoms with Crippen LogP contribution in [0.5, 0.6) is 5.75 Å². The molecule has 0 saturated carbocycles. The summed E-state index contributed by atoms with van der Waals surface area (Å²) < 4.78 is 6.46. The van der Waals surface area contributed by atoms with E-state index in [1.807, 2.05) is 17.0 Å². The minimum absolute atomic E-state index is 0.0290. The van der Waals surface area contributed by atoms with Gasteiger partial charge < -0.3 is 15.0 Å². The van der Waals surface area contributed by atoms with Crippen molar-refractivity contribution in [2.45, 2.75) is 39.5 Å². The van der Waals surface area contributed by atoms with Gasteiger partial charge in [-0.2, -0.15) is 0 Å². The van der Waals surface area contributed by atoms with E-state index in [1.165, 1.54) is 0 Å². The van der Waals surface area contributed by atoms with Gasteiger partial charge >= 0.3 is 0 Å². The number of amides is 2. The molecule has 0 radical (unpaired) electrons. The molecule has 2 aromatic carbocycles. The van der Waals surface area contributed by atoms with Crippen molar-refractivity contribution in [3.8, 4) is 5.75 Å². The number of halogens is 1. The van der Waals surface area contributed by atoms with Crippen LogP contribution in [0.2, 0.25) is 0 Å². The van der Waals surface area contributed by atoms with Crippen molar-refractivity contribution >= 4 is 33.4 Å². The summed E-state index contributed by atoms with van der Waals surface area (Å²) in [7, 11) is 0. The second-order valence-electron chi connectivity index (χ2n) is 7.82. The topological polar surface area (TPSA) is 58.6 Å². The van der Waals surface area contributed by atoms with Crippen LogP contribution in [0.3, 0.4) is 0 Å². The summed E-state index contributed by atoms with van der Waals surface area (Å²) in [6, 6.07) is 12.5. The first-order chi connectivity index (χ1) is 14.5. The van der Waals surface area contributed by atoms with E-state index in [4.69, 9.17) is 4.74 Å². The maximum absolute atomic E-state index is 13.0. The molecule has 1 aliphatic rings. The first-order valence-corrected chi connectivity index (χ1v) is 11.4. The smallest absolute Gasteiger partial charge is 0.255 e. The van der Waals surface area contributed by atoms with Crippen LogP contribution in [0.1, 0.15) is 60.2 Å². The number of benzene rings is 2. The van der Waals surface area contributed by atoms with Crippen LogP contribution in [-0.2, 0) is 0 Å². The number of anilines is 1. The number of hydrogen-bond acceptors (Lipinski definition) is 3. The van der Waals surface area contributed by atoms with Gasteiger partial charge in [0.05, 0.1) is 22.3 Å². The summed E-state index contributed by atoms with van der Waals surface area (Å²) in [6.45, 7) is 6.49. The van der Waals surface area contributed by atoms with Gasteiger partial charge in [0.2, 0.25) is 0 Å². The molecule has 0 unspecified atom stereocenters. The highest BCUT2D eigenvalue weighted by molar-refractivity contribution is 9.10. The van der Waals surface area contributed by atoms with Gasteiger partial charge in [-0.3, -0.25) is 9.59 Å². The number of nitrogens with one attached hydrogen (secondary N) is 1. The lowest BCUT2D eigenvalue weighted by atomic mass is 9.98. The van der Waals surface area contributed by atoms with Gasteiger partial charge in [-0.05, 0) is 71.4 Å². The molecule has 3 rings (SSSR count). The highest BCUT2D eigenvalue weighted by Gasteiger charge is 2.23. The van der Waals surface area contributed by atoms with Gasteiger partial charge in [0.15, 0.2) is 0 Å². The van der Waals surface area contributed by atoms with E-state index >= 15 is 0 Å². The zero-order valence-electron chi connectivity index (χ0n) is 17.6. The van der Waals surface area contributed by atoms with E-state index in [9.17, 15) is 9.59 Å². The third-order valence-corrected chi connectivity index (χ3v) is 6.05. The first-order valence-electron chi connectivity index (χ1n) is 10.6. The Bertz CT molecular complexity index is 892. The fourth-order valence-electron chi connectivity index (χ4n) is 3.44. The Labute approximate surface area is 186 Å². The summed E-state index contributed by atoms with van der Waals surface area (Å²) >= 11 is 3.48. The maximum atomic E-state index is 13.0. The van der Waals surface area contributed by atoms with Crippen LogP contribution >= 0.6 is 15.9 Å². The molecule has 0 atom stereocenters. The molecule has 1 aliphatic heterocycles. The van der Waals surface area contributed by atoms with Crippen LogP contribution < -0.4 is 10.1 Å². The molecule has 30 heavy (non-hydrogen) atoms. The number of para-hydroxylation sites is 1. The highest BCUT2D eigenvalue weighted by Crippen LogP contribution is 2.27. The molecule has 0 aromatic heterocycles. The van der Waals surface area contributed by atoms with Crippen molar-refractivity contribution in [1.29, 1.82) is 0 Å². The SMILES string of the molecule is CCCCOc1ccc(C(=O)Nc2ccccc2C(=O)N2CCC(C)CC2)cc1Br. The summed E-state index contributed by atoms with van der Waals surface area (Å²) in [5.41, 5.74) is 1.56. The second-order valence-corrected chi connectivity index (χ2v) is 8.68. The van der Waals surface area contributed by atoms with Crippen molar-refractivity contribution in [2.24, 2.45) is 5.92 Å². The Hall–Kier alpha value is -2.34. The molecular weight excluding hydrogens is 444 g/mol. The molecule has 0 spiro atoms. The number of ether oxygens (including phenoxy) is 1. The van der Waals surface area contributed by atoms with E-state index in [0.29, 0.717) is 29.3 Å². The van der Waals surface area contributed by atoms with Crippen molar-refractivity contribution in [1.82, 2.24) is 4.90 Å². The van der Waals surface area contributed by atoms with E-state index < -0.39 is 0 Å². The average Bonchev–Trinajstić information content (AvgIpc) is 2.75. The highest BCUT2D eigenvalue weighted by atomic mass is 79.9. The van der Waals surface area contributed by atoms with Gasteiger partial charge in [0.25, 0.3) is 11.8 Å². The molecule has 1 heterocycles. The average molecular weight is 473 g/mol. The van der Waals surface area contributed by atoms with Gasteiger partial charge in [0, 0.05) is 18.7 Å². The van der Waals surface area contributed by atoms with E-state index in [0.717, 1.165) is 49.0 Å². The van der Waals surface area contributed by atoms with E-state index in [-0.39, 0.29) is 11.8 Å². The third-order valence-electron chi connectivity index (χ3n) is 5.43. The quantitative estimate of drug-likeness (QED) is 0.521. The fourth-order valence-corrected chi connectivity index (χ4v) is 3.93.